The summed E-state index contributed by atoms with van der Waals surface area (Å²) < 4.78 is 26.4. The van der Waals surface area contributed by atoms with Crippen molar-refractivity contribution >= 4 is 0 Å². The predicted molar refractivity (Wildman–Crippen MR) is 101 cm³/mol. The van der Waals surface area contributed by atoms with Crippen molar-refractivity contribution in [3.05, 3.63) is 0 Å². The largest absolute Gasteiger partial charge is 0.394 e. The van der Waals surface area contributed by atoms with E-state index in [1.807, 2.05) is 0 Å². The van der Waals surface area contributed by atoms with Crippen molar-refractivity contribution in [2.24, 2.45) is 0 Å². The first kappa shape index (κ1) is 27.9. The van der Waals surface area contributed by atoms with Crippen molar-refractivity contribution in [2.45, 2.75) is 92.1 Å². The molecular weight excluding hydrogens is 472 g/mol. The van der Waals surface area contributed by atoms with Crippen LogP contribution in [-0.2, 0) is 23.7 Å². The van der Waals surface area contributed by atoms with E-state index in [0.717, 1.165) is 0 Å². The second-order valence-electron chi connectivity index (χ2n) is 8.33. The van der Waals surface area contributed by atoms with Gasteiger partial charge in [-0.3, -0.25) is 0 Å². The quantitative estimate of drug-likeness (QED) is 0.154. The van der Waals surface area contributed by atoms with Gasteiger partial charge in [0.25, 0.3) is 0 Å². The maximum atomic E-state index is 10.6. The minimum Gasteiger partial charge on any atom is -0.394 e. The fourth-order valence-corrected chi connectivity index (χ4v) is 4.06. The number of rotatable bonds is 7. The molecule has 0 radical (unpaired) electrons. The van der Waals surface area contributed by atoms with Gasteiger partial charge >= 0.3 is 0 Å². The highest BCUT2D eigenvalue weighted by Crippen LogP contribution is 2.32. The molecule has 3 fully saturated rings. The van der Waals surface area contributed by atoms with Crippen molar-refractivity contribution < 1.29 is 79.9 Å². The Morgan fingerprint density at radius 3 is 1.35 bits per heavy atom. The van der Waals surface area contributed by atoms with Crippen LogP contribution in [0.25, 0.3) is 0 Å². The van der Waals surface area contributed by atoms with E-state index < -0.39 is 112 Å². The first-order valence-corrected chi connectivity index (χ1v) is 10.6. The molecule has 0 spiro atoms. The van der Waals surface area contributed by atoms with Crippen LogP contribution in [0.1, 0.15) is 0 Å². The standard InChI is InChI=1S/C18H32O16/c19-1-4-7(22)8(23)12(27)17(31-4)34-15-6(3-21)32-18(13(28)10(15)25)33-14-5(2-20)30-16(29)11(26)9(14)24/h4-29H,1-3H2/t4-,5-,6-,7+,8+,9-,10-,11+,12+,13+,14+,15+,16-,17+,18+/m1/s1. The van der Waals surface area contributed by atoms with E-state index in [2.05, 4.69) is 0 Å². The van der Waals surface area contributed by atoms with Crippen LogP contribution < -0.4 is 0 Å². The lowest BCUT2D eigenvalue weighted by Crippen LogP contribution is -2.66. The molecule has 0 aliphatic carbocycles. The lowest BCUT2D eigenvalue weighted by atomic mass is 9.96. The molecule has 0 aromatic carbocycles. The van der Waals surface area contributed by atoms with Crippen molar-refractivity contribution in [1.82, 2.24) is 0 Å². The van der Waals surface area contributed by atoms with E-state index in [0.29, 0.717) is 0 Å². The average molecular weight is 504 g/mol. The Labute approximate surface area is 192 Å². The number of aliphatic hydroxyl groups excluding tert-OH is 11. The number of ether oxygens (including phenoxy) is 5. The summed E-state index contributed by atoms with van der Waals surface area (Å²) in [7, 11) is 0. The van der Waals surface area contributed by atoms with E-state index in [-0.39, 0.29) is 0 Å². The molecule has 16 heteroatoms. The van der Waals surface area contributed by atoms with Crippen LogP contribution in [0.5, 0.6) is 0 Å². The maximum absolute atomic E-state index is 10.6. The van der Waals surface area contributed by atoms with Crippen LogP contribution in [0.15, 0.2) is 0 Å². The zero-order valence-electron chi connectivity index (χ0n) is 17.7. The highest BCUT2D eigenvalue weighted by Gasteiger charge is 2.53. The molecule has 0 aromatic rings. The number of hydrogen-bond donors (Lipinski definition) is 11. The summed E-state index contributed by atoms with van der Waals surface area (Å²) in [6, 6.07) is 0. The lowest BCUT2D eigenvalue weighted by Gasteiger charge is -2.47. The third kappa shape index (κ3) is 5.37. The summed E-state index contributed by atoms with van der Waals surface area (Å²) in [6.45, 7) is -2.32. The van der Waals surface area contributed by atoms with Crippen molar-refractivity contribution in [3.63, 3.8) is 0 Å². The molecule has 11 N–H and O–H groups in total. The van der Waals surface area contributed by atoms with Crippen LogP contribution in [-0.4, -0.2) is 168 Å². The van der Waals surface area contributed by atoms with Gasteiger partial charge in [0.15, 0.2) is 18.9 Å². The van der Waals surface area contributed by atoms with Crippen molar-refractivity contribution in [1.29, 1.82) is 0 Å². The molecule has 0 aromatic heterocycles. The summed E-state index contributed by atoms with van der Waals surface area (Å²) >= 11 is 0. The van der Waals surface area contributed by atoms with Crippen molar-refractivity contribution in [2.75, 3.05) is 19.8 Å². The Balaban J connectivity index is 1.72. The average Bonchev–Trinajstić information content (AvgIpc) is 2.83. The first-order valence-electron chi connectivity index (χ1n) is 10.6. The third-order valence-electron chi connectivity index (χ3n) is 6.09. The van der Waals surface area contributed by atoms with Crippen LogP contribution in [0, 0.1) is 0 Å². The Morgan fingerprint density at radius 2 is 0.853 bits per heavy atom. The molecule has 3 aliphatic heterocycles. The number of aliphatic hydroxyl groups is 11. The summed E-state index contributed by atoms with van der Waals surface area (Å²) in [5, 5.41) is 109. The highest BCUT2D eigenvalue weighted by atomic mass is 16.8. The van der Waals surface area contributed by atoms with Gasteiger partial charge in [-0.2, -0.15) is 0 Å². The number of hydrogen-bond acceptors (Lipinski definition) is 16. The summed E-state index contributed by atoms with van der Waals surface area (Å²) in [5.41, 5.74) is 0. The Kier molecular flexibility index (Phi) is 9.54. The minimum atomic E-state index is -1.91. The smallest absolute Gasteiger partial charge is 0.187 e. The van der Waals surface area contributed by atoms with Gasteiger partial charge in [0, 0.05) is 0 Å². The van der Waals surface area contributed by atoms with Gasteiger partial charge in [0.05, 0.1) is 19.8 Å². The monoisotopic (exact) mass is 504 g/mol. The van der Waals surface area contributed by atoms with E-state index in [1.165, 1.54) is 0 Å². The maximum Gasteiger partial charge on any atom is 0.187 e. The fourth-order valence-electron chi connectivity index (χ4n) is 4.06. The van der Waals surface area contributed by atoms with Gasteiger partial charge < -0.3 is 79.9 Å². The molecule has 16 nitrogen and oxygen atoms in total. The van der Waals surface area contributed by atoms with Gasteiger partial charge in [0.2, 0.25) is 0 Å². The summed E-state index contributed by atoms with van der Waals surface area (Å²) in [6.07, 6.45) is -25.1. The molecule has 0 amide bonds. The topological polar surface area (TPSA) is 269 Å². The zero-order chi connectivity index (χ0) is 25.3. The fraction of sp³-hybridized carbons (Fsp3) is 1.00. The molecule has 0 bridgehead atoms. The minimum absolute atomic E-state index is 0.741. The lowest BCUT2D eigenvalue weighted by molar-refractivity contribution is -0.377. The summed E-state index contributed by atoms with van der Waals surface area (Å²) in [4.78, 5) is 0. The molecule has 200 valence electrons. The summed E-state index contributed by atoms with van der Waals surface area (Å²) in [5.74, 6) is 0. The molecule has 3 aliphatic rings. The van der Waals surface area contributed by atoms with Gasteiger partial charge in [-0.25, -0.2) is 0 Å². The van der Waals surface area contributed by atoms with Crippen LogP contribution >= 0.6 is 0 Å². The molecule has 3 saturated heterocycles. The molecule has 3 rings (SSSR count). The third-order valence-corrected chi connectivity index (χ3v) is 6.09. The molecular formula is C18H32O16. The second kappa shape index (κ2) is 11.6. The molecule has 0 saturated carbocycles. The molecule has 3 heterocycles. The highest BCUT2D eigenvalue weighted by molar-refractivity contribution is 4.96. The van der Waals surface area contributed by atoms with Gasteiger partial charge in [0.1, 0.15) is 73.2 Å². The SMILES string of the molecule is OC[C@H]1O[C@@H](O[C@@H]2[C@H](O)[C@H](O)[C@H](O[C@@H]3[C@H](O)[C@H](O)[C@H](O)O[C@@H]3CO)O[C@@H]2CO)[C@@H](O)[C@@H](O)[C@H]1O. The Bertz CT molecular complexity index is 635. The van der Waals surface area contributed by atoms with E-state index in [4.69, 9.17) is 23.7 Å². The van der Waals surface area contributed by atoms with Crippen LogP contribution in [0.2, 0.25) is 0 Å². The van der Waals surface area contributed by atoms with Crippen LogP contribution in [0.4, 0.5) is 0 Å². The van der Waals surface area contributed by atoms with E-state index in [9.17, 15) is 56.2 Å². The van der Waals surface area contributed by atoms with E-state index >= 15 is 0 Å². The van der Waals surface area contributed by atoms with Gasteiger partial charge in [-0.05, 0) is 0 Å². The Hall–Kier alpha value is -0.640. The molecule has 0 unspecified atom stereocenters. The van der Waals surface area contributed by atoms with E-state index in [1.54, 1.807) is 0 Å². The normalized spacial score (nSPS) is 52.5. The first-order chi connectivity index (χ1) is 16.0. The predicted octanol–water partition coefficient (Wildman–Crippen LogP) is -7.57. The zero-order valence-corrected chi connectivity index (χ0v) is 17.7. The van der Waals surface area contributed by atoms with Crippen LogP contribution in [0.3, 0.4) is 0 Å². The van der Waals surface area contributed by atoms with Gasteiger partial charge in [-0.1, -0.05) is 0 Å². The molecule has 15 atom stereocenters. The van der Waals surface area contributed by atoms with Crippen molar-refractivity contribution in [3.8, 4) is 0 Å². The van der Waals surface area contributed by atoms with Gasteiger partial charge in [-0.15, -0.1) is 0 Å². The Morgan fingerprint density at radius 1 is 0.441 bits per heavy atom. The molecule has 34 heavy (non-hydrogen) atoms. The second-order valence-corrected chi connectivity index (χ2v) is 8.33.